The van der Waals surface area contributed by atoms with E-state index >= 15 is 0 Å². The summed E-state index contributed by atoms with van der Waals surface area (Å²) in [4.78, 5) is 23.8. The van der Waals surface area contributed by atoms with Crippen LogP contribution in [0.4, 0.5) is 5.69 Å². The second-order valence-corrected chi connectivity index (χ2v) is 5.50. The Bertz CT molecular complexity index is 816. The molecule has 0 spiro atoms. The van der Waals surface area contributed by atoms with Crippen molar-refractivity contribution in [1.82, 2.24) is 0 Å². The lowest BCUT2D eigenvalue weighted by Gasteiger charge is -2.12. The zero-order valence-corrected chi connectivity index (χ0v) is 14.0. The Hall–Kier alpha value is -3.39. The molecule has 0 fully saturated rings. The van der Waals surface area contributed by atoms with E-state index < -0.39 is 18.0 Å². The summed E-state index contributed by atoms with van der Waals surface area (Å²) in [5.41, 5.74) is 3.03. The van der Waals surface area contributed by atoms with E-state index in [1.54, 1.807) is 42.5 Å². The van der Waals surface area contributed by atoms with Crippen molar-refractivity contribution in [3.63, 3.8) is 0 Å². The molecule has 0 aliphatic heterocycles. The van der Waals surface area contributed by atoms with Gasteiger partial charge in [0.25, 0.3) is 5.91 Å². The molecular weight excluding hydrogens is 316 g/mol. The summed E-state index contributed by atoms with van der Waals surface area (Å²) < 4.78 is 5.08. The highest BCUT2D eigenvalue weighted by atomic mass is 16.5. The molecule has 25 heavy (non-hydrogen) atoms. The number of amides is 1. The van der Waals surface area contributed by atoms with Crippen molar-refractivity contribution < 1.29 is 14.3 Å². The third kappa shape index (κ3) is 5.63. The molecule has 0 radical (unpaired) electrons. The largest absolute Gasteiger partial charge is 0.449 e. The fraction of sp³-hybridized carbons (Fsp3) is 0.150. The minimum absolute atomic E-state index is 0.399. The van der Waals surface area contributed by atoms with Gasteiger partial charge >= 0.3 is 5.97 Å². The van der Waals surface area contributed by atoms with Gasteiger partial charge in [0, 0.05) is 11.8 Å². The van der Waals surface area contributed by atoms with Gasteiger partial charge in [-0.3, -0.25) is 4.79 Å². The van der Waals surface area contributed by atoms with Crippen LogP contribution in [0.25, 0.3) is 6.08 Å². The Morgan fingerprint density at radius 1 is 1.12 bits per heavy atom. The van der Waals surface area contributed by atoms with Crippen LogP contribution in [0.5, 0.6) is 0 Å². The van der Waals surface area contributed by atoms with Crippen LogP contribution in [0.2, 0.25) is 0 Å². The molecule has 5 nitrogen and oxygen atoms in total. The van der Waals surface area contributed by atoms with E-state index in [1.807, 2.05) is 25.1 Å². The molecule has 0 aromatic heterocycles. The van der Waals surface area contributed by atoms with E-state index in [0.717, 1.165) is 11.1 Å². The first-order chi connectivity index (χ1) is 12.0. The highest BCUT2D eigenvalue weighted by Crippen LogP contribution is 2.10. The number of hydrogen-bond acceptors (Lipinski definition) is 4. The number of nitrogens with zero attached hydrogens (tertiary/aromatic N) is 1. The number of hydrogen-bond donors (Lipinski definition) is 1. The first-order valence-electron chi connectivity index (χ1n) is 7.74. The molecule has 1 N–H and O–H groups in total. The lowest BCUT2D eigenvalue weighted by Crippen LogP contribution is -2.29. The lowest BCUT2D eigenvalue weighted by atomic mass is 10.1. The number of anilines is 1. The maximum atomic E-state index is 12.0. The predicted octanol–water partition coefficient (Wildman–Crippen LogP) is 3.45. The van der Waals surface area contributed by atoms with Crippen molar-refractivity contribution in [1.29, 1.82) is 5.26 Å². The first kappa shape index (κ1) is 18.0. The summed E-state index contributed by atoms with van der Waals surface area (Å²) in [6.07, 6.45) is 1.89. The molecule has 0 saturated heterocycles. The molecule has 1 amide bonds. The maximum Gasteiger partial charge on any atom is 0.331 e. The van der Waals surface area contributed by atoms with Crippen molar-refractivity contribution in [2.45, 2.75) is 20.0 Å². The topological polar surface area (TPSA) is 79.2 Å². The second-order valence-electron chi connectivity index (χ2n) is 5.50. The fourth-order valence-electron chi connectivity index (χ4n) is 1.98. The fourth-order valence-corrected chi connectivity index (χ4v) is 1.98. The normalized spacial score (nSPS) is 11.6. The smallest absolute Gasteiger partial charge is 0.331 e. The number of aryl methyl sites for hydroxylation is 1. The summed E-state index contributed by atoms with van der Waals surface area (Å²) >= 11 is 0. The van der Waals surface area contributed by atoms with Gasteiger partial charge in [-0.1, -0.05) is 29.8 Å². The number of carbonyl (C=O) groups excluding carboxylic acids is 2. The Morgan fingerprint density at radius 3 is 2.36 bits per heavy atom. The molecule has 0 saturated carbocycles. The number of benzene rings is 2. The molecule has 0 aliphatic carbocycles. The number of rotatable bonds is 5. The van der Waals surface area contributed by atoms with Crippen molar-refractivity contribution in [2.24, 2.45) is 0 Å². The third-order valence-electron chi connectivity index (χ3n) is 3.43. The van der Waals surface area contributed by atoms with Crippen LogP contribution < -0.4 is 5.32 Å². The molecule has 0 heterocycles. The maximum absolute atomic E-state index is 12.0. The predicted molar refractivity (Wildman–Crippen MR) is 95.6 cm³/mol. The second kappa shape index (κ2) is 8.46. The Morgan fingerprint density at radius 2 is 1.76 bits per heavy atom. The van der Waals surface area contributed by atoms with E-state index in [0.29, 0.717) is 11.3 Å². The van der Waals surface area contributed by atoms with Crippen LogP contribution in [-0.4, -0.2) is 18.0 Å². The summed E-state index contributed by atoms with van der Waals surface area (Å²) in [6, 6.07) is 16.1. The average molecular weight is 334 g/mol. The van der Waals surface area contributed by atoms with Crippen LogP contribution in [0, 0.1) is 18.3 Å². The van der Waals surface area contributed by atoms with E-state index in [4.69, 9.17) is 10.00 Å². The van der Waals surface area contributed by atoms with E-state index in [9.17, 15) is 9.59 Å². The molecule has 126 valence electrons. The number of esters is 1. The minimum atomic E-state index is -0.917. The van der Waals surface area contributed by atoms with E-state index in [-0.39, 0.29) is 0 Å². The van der Waals surface area contributed by atoms with Crippen LogP contribution >= 0.6 is 0 Å². The van der Waals surface area contributed by atoms with Gasteiger partial charge in [-0.25, -0.2) is 4.79 Å². The zero-order chi connectivity index (χ0) is 18.2. The van der Waals surface area contributed by atoms with Gasteiger partial charge in [-0.05, 0) is 49.8 Å². The number of nitriles is 1. The van der Waals surface area contributed by atoms with Crippen molar-refractivity contribution in [3.05, 3.63) is 71.3 Å². The van der Waals surface area contributed by atoms with E-state index in [2.05, 4.69) is 5.32 Å². The van der Waals surface area contributed by atoms with Gasteiger partial charge in [0.1, 0.15) is 0 Å². The highest BCUT2D eigenvalue weighted by Gasteiger charge is 2.16. The third-order valence-corrected chi connectivity index (χ3v) is 3.43. The minimum Gasteiger partial charge on any atom is -0.449 e. The van der Waals surface area contributed by atoms with Crippen LogP contribution in [0.1, 0.15) is 23.6 Å². The van der Waals surface area contributed by atoms with Crippen molar-refractivity contribution in [2.75, 3.05) is 5.32 Å². The van der Waals surface area contributed by atoms with Crippen LogP contribution in [0.15, 0.2) is 54.6 Å². The average Bonchev–Trinajstić information content (AvgIpc) is 2.62. The molecular formula is C20H18N2O3. The summed E-state index contributed by atoms with van der Waals surface area (Å²) in [5.74, 6) is -1.01. The van der Waals surface area contributed by atoms with Crippen LogP contribution in [0.3, 0.4) is 0 Å². The number of carbonyl (C=O) groups is 2. The molecule has 0 unspecified atom stereocenters. The Balaban J connectivity index is 1.87. The monoisotopic (exact) mass is 334 g/mol. The summed E-state index contributed by atoms with van der Waals surface area (Å²) in [6.45, 7) is 3.47. The van der Waals surface area contributed by atoms with Gasteiger partial charge in [0.05, 0.1) is 11.6 Å². The van der Waals surface area contributed by atoms with Crippen molar-refractivity contribution >= 4 is 23.6 Å². The van der Waals surface area contributed by atoms with Gasteiger partial charge in [0.15, 0.2) is 6.10 Å². The van der Waals surface area contributed by atoms with Crippen LogP contribution in [-0.2, 0) is 14.3 Å². The zero-order valence-electron chi connectivity index (χ0n) is 14.0. The Kier molecular flexibility index (Phi) is 6.08. The van der Waals surface area contributed by atoms with Gasteiger partial charge in [0.2, 0.25) is 0 Å². The first-order valence-corrected chi connectivity index (χ1v) is 7.74. The highest BCUT2D eigenvalue weighted by molar-refractivity contribution is 5.96. The number of ether oxygens (including phenoxy) is 1. The van der Waals surface area contributed by atoms with Gasteiger partial charge in [-0.2, -0.15) is 5.26 Å². The van der Waals surface area contributed by atoms with E-state index in [1.165, 1.54) is 13.0 Å². The molecule has 5 heteroatoms. The summed E-state index contributed by atoms with van der Waals surface area (Å²) in [5, 5.41) is 11.4. The standard InChI is InChI=1S/C20H18N2O3/c1-14-3-10-18(11-4-14)22-20(24)15(2)25-19(23)12-9-16-5-7-17(13-21)8-6-16/h3-12,15H,1-2H3,(H,22,24)/b12-9+/t15-/m1/s1. The summed E-state index contributed by atoms with van der Waals surface area (Å²) in [7, 11) is 0. The van der Waals surface area contributed by atoms with Crippen molar-refractivity contribution in [3.8, 4) is 6.07 Å². The number of nitrogens with one attached hydrogen (secondary N) is 1. The quantitative estimate of drug-likeness (QED) is 0.671. The molecule has 2 aromatic carbocycles. The molecule has 0 bridgehead atoms. The van der Waals surface area contributed by atoms with Gasteiger partial charge in [-0.15, -0.1) is 0 Å². The molecule has 1 atom stereocenters. The molecule has 2 aromatic rings. The van der Waals surface area contributed by atoms with Gasteiger partial charge < -0.3 is 10.1 Å². The Labute approximate surface area is 146 Å². The SMILES string of the molecule is Cc1ccc(NC(=O)[C@@H](C)OC(=O)/C=C/c2ccc(C#N)cc2)cc1. The lowest BCUT2D eigenvalue weighted by molar-refractivity contribution is -0.148. The molecule has 2 rings (SSSR count). The molecule has 0 aliphatic rings.